The molecule has 1 aliphatic heterocycles. The molecule has 26 heavy (non-hydrogen) atoms. The SMILES string of the molecule is O=C(Cc1noc2ccccc12)NC1CCCCC1N1C(=O)CSC1=O. The van der Waals surface area contributed by atoms with Crippen LogP contribution in [0.5, 0.6) is 0 Å². The van der Waals surface area contributed by atoms with Gasteiger partial charge in [-0.05, 0) is 25.0 Å². The summed E-state index contributed by atoms with van der Waals surface area (Å²) in [5.41, 5.74) is 1.24. The average molecular weight is 373 g/mol. The highest BCUT2D eigenvalue weighted by molar-refractivity contribution is 8.14. The van der Waals surface area contributed by atoms with Gasteiger partial charge in [0.05, 0.1) is 18.2 Å². The Morgan fingerprint density at radius 1 is 1.27 bits per heavy atom. The van der Waals surface area contributed by atoms with E-state index in [2.05, 4.69) is 10.5 Å². The van der Waals surface area contributed by atoms with Gasteiger partial charge < -0.3 is 9.84 Å². The van der Waals surface area contributed by atoms with Gasteiger partial charge in [-0.2, -0.15) is 0 Å². The number of carbonyl (C=O) groups is 3. The zero-order valence-corrected chi connectivity index (χ0v) is 15.0. The third kappa shape index (κ3) is 3.21. The van der Waals surface area contributed by atoms with Gasteiger partial charge in [0.15, 0.2) is 5.58 Å². The first-order valence-corrected chi connectivity index (χ1v) is 9.73. The third-order valence-electron chi connectivity index (χ3n) is 4.97. The third-order valence-corrected chi connectivity index (χ3v) is 5.81. The summed E-state index contributed by atoms with van der Waals surface area (Å²) < 4.78 is 5.24. The van der Waals surface area contributed by atoms with Crippen LogP contribution in [0.15, 0.2) is 28.8 Å². The summed E-state index contributed by atoms with van der Waals surface area (Å²) >= 11 is 1.04. The molecule has 1 aromatic carbocycles. The molecule has 1 aromatic heterocycles. The van der Waals surface area contributed by atoms with Crippen LogP contribution in [-0.2, 0) is 16.0 Å². The molecule has 2 unspecified atom stereocenters. The van der Waals surface area contributed by atoms with E-state index in [1.54, 1.807) is 0 Å². The summed E-state index contributed by atoms with van der Waals surface area (Å²) in [6, 6.07) is 6.95. The molecule has 0 bridgehead atoms. The van der Waals surface area contributed by atoms with Crippen LogP contribution in [0.2, 0.25) is 0 Å². The predicted molar refractivity (Wildman–Crippen MR) is 96.6 cm³/mol. The molecular weight excluding hydrogens is 354 g/mol. The van der Waals surface area contributed by atoms with Crippen LogP contribution >= 0.6 is 11.8 Å². The lowest BCUT2D eigenvalue weighted by Gasteiger charge is -2.36. The van der Waals surface area contributed by atoms with E-state index in [1.165, 1.54) is 4.90 Å². The number of hydrogen-bond donors (Lipinski definition) is 1. The van der Waals surface area contributed by atoms with Crippen molar-refractivity contribution < 1.29 is 18.9 Å². The first-order chi connectivity index (χ1) is 12.6. The Kier molecular flexibility index (Phi) is 4.67. The largest absolute Gasteiger partial charge is 0.356 e. The number of thioether (sulfide) groups is 1. The molecule has 1 N–H and O–H groups in total. The van der Waals surface area contributed by atoms with Gasteiger partial charge in [0.2, 0.25) is 11.8 Å². The van der Waals surface area contributed by atoms with Crippen LogP contribution in [0.1, 0.15) is 31.4 Å². The van der Waals surface area contributed by atoms with E-state index < -0.39 is 0 Å². The van der Waals surface area contributed by atoms with Crippen molar-refractivity contribution in [2.75, 3.05) is 5.75 Å². The summed E-state index contributed by atoms with van der Waals surface area (Å²) in [5.74, 6) is -0.137. The first-order valence-electron chi connectivity index (χ1n) is 8.75. The number of fused-ring (bicyclic) bond motifs is 1. The van der Waals surface area contributed by atoms with E-state index in [0.717, 1.165) is 42.8 Å². The van der Waals surface area contributed by atoms with Gasteiger partial charge in [-0.25, -0.2) is 0 Å². The number of para-hydroxylation sites is 1. The fourth-order valence-electron chi connectivity index (χ4n) is 3.75. The Bertz CT molecular complexity index is 849. The van der Waals surface area contributed by atoms with E-state index >= 15 is 0 Å². The van der Waals surface area contributed by atoms with Crippen molar-refractivity contribution >= 4 is 39.8 Å². The highest BCUT2D eigenvalue weighted by Gasteiger charge is 2.41. The maximum absolute atomic E-state index is 12.6. The molecule has 136 valence electrons. The first kappa shape index (κ1) is 17.1. The molecule has 2 heterocycles. The van der Waals surface area contributed by atoms with E-state index in [-0.39, 0.29) is 41.3 Å². The number of carbonyl (C=O) groups excluding carboxylic acids is 3. The van der Waals surface area contributed by atoms with E-state index in [0.29, 0.717) is 11.3 Å². The normalized spacial score (nSPS) is 23.6. The minimum atomic E-state index is -0.253. The highest BCUT2D eigenvalue weighted by Crippen LogP contribution is 2.30. The Morgan fingerprint density at radius 2 is 2.08 bits per heavy atom. The molecule has 1 aliphatic carbocycles. The number of nitrogens with zero attached hydrogens (tertiary/aromatic N) is 2. The average Bonchev–Trinajstić information content (AvgIpc) is 3.19. The minimum Gasteiger partial charge on any atom is -0.356 e. The van der Waals surface area contributed by atoms with Crippen molar-refractivity contribution in [3.63, 3.8) is 0 Å². The lowest BCUT2D eigenvalue weighted by Crippen LogP contribution is -2.55. The molecule has 1 saturated carbocycles. The van der Waals surface area contributed by atoms with Crippen molar-refractivity contribution in [1.82, 2.24) is 15.4 Å². The number of rotatable bonds is 4. The zero-order valence-electron chi connectivity index (χ0n) is 14.1. The second-order valence-electron chi connectivity index (χ2n) is 6.65. The van der Waals surface area contributed by atoms with Gasteiger partial charge in [0.25, 0.3) is 5.24 Å². The van der Waals surface area contributed by atoms with Crippen molar-refractivity contribution in [3.05, 3.63) is 30.0 Å². The molecular formula is C18H19N3O4S. The molecule has 8 heteroatoms. The molecule has 2 atom stereocenters. The lowest BCUT2D eigenvalue weighted by atomic mass is 9.89. The number of hydrogen-bond acceptors (Lipinski definition) is 6. The number of amides is 3. The van der Waals surface area contributed by atoms with Gasteiger partial charge in [0, 0.05) is 11.4 Å². The van der Waals surface area contributed by atoms with Gasteiger partial charge in [-0.3, -0.25) is 19.3 Å². The molecule has 4 rings (SSSR count). The summed E-state index contributed by atoms with van der Waals surface area (Å²) in [6.07, 6.45) is 3.52. The highest BCUT2D eigenvalue weighted by atomic mass is 32.2. The standard InChI is InChI=1S/C18H19N3O4S/c22-16(9-13-11-5-1-4-8-15(11)25-20-13)19-12-6-2-3-7-14(12)21-17(23)10-26-18(21)24/h1,4-5,8,12,14H,2-3,6-7,9-10H2,(H,19,22). The predicted octanol–water partition coefficient (Wildman–Crippen LogP) is 2.49. The Labute approximate surface area is 154 Å². The summed E-state index contributed by atoms with van der Waals surface area (Å²) in [5, 5.41) is 7.62. The quantitative estimate of drug-likeness (QED) is 0.885. The van der Waals surface area contributed by atoms with Crippen LogP contribution in [0.3, 0.4) is 0 Å². The molecule has 7 nitrogen and oxygen atoms in total. The number of imide groups is 1. The lowest BCUT2D eigenvalue weighted by molar-refractivity contribution is -0.129. The van der Waals surface area contributed by atoms with Crippen molar-refractivity contribution in [3.8, 4) is 0 Å². The van der Waals surface area contributed by atoms with Crippen LogP contribution in [-0.4, -0.2) is 44.9 Å². The molecule has 3 amide bonds. The van der Waals surface area contributed by atoms with E-state index in [9.17, 15) is 14.4 Å². The van der Waals surface area contributed by atoms with Crippen LogP contribution < -0.4 is 5.32 Å². The Morgan fingerprint density at radius 3 is 2.88 bits per heavy atom. The van der Waals surface area contributed by atoms with Crippen molar-refractivity contribution in [2.45, 2.75) is 44.2 Å². The van der Waals surface area contributed by atoms with Crippen LogP contribution in [0.4, 0.5) is 4.79 Å². The molecule has 1 saturated heterocycles. The maximum Gasteiger partial charge on any atom is 0.289 e. The monoisotopic (exact) mass is 373 g/mol. The van der Waals surface area contributed by atoms with E-state index in [4.69, 9.17) is 4.52 Å². The zero-order chi connectivity index (χ0) is 18.1. The van der Waals surface area contributed by atoms with Crippen LogP contribution in [0.25, 0.3) is 11.0 Å². The molecule has 0 radical (unpaired) electrons. The van der Waals surface area contributed by atoms with Gasteiger partial charge in [-0.15, -0.1) is 0 Å². The second-order valence-corrected chi connectivity index (χ2v) is 7.57. The van der Waals surface area contributed by atoms with E-state index in [1.807, 2.05) is 24.3 Å². The number of nitrogens with one attached hydrogen (secondary N) is 1. The summed E-state index contributed by atoms with van der Waals surface area (Å²) in [4.78, 5) is 38.0. The fourth-order valence-corrected chi connectivity index (χ4v) is 4.51. The smallest absolute Gasteiger partial charge is 0.289 e. The molecule has 2 aromatic rings. The fraction of sp³-hybridized carbons (Fsp3) is 0.444. The molecule has 2 fully saturated rings. The molecule has 2 aliphatic rings. The Balaban J connectivity index is 1.47. The van der Waals surface area contributed by atoms with Crippen molar-refractivity contribution in [2.24, 2.45) is 0 Å². The number of aromatic nitrogens is 1. The topological polar surface area (TPSA) is 92.5 Å². The van der Waals surface area contributed by atoms with Crippen molar-refractivity contribution in [1.29, 1.82) is 0 Å². The van der Waals surface area contributed by atoms with Gasteiger partial charge in [-0.1, -0.05) is 41.9 Å². The Hall–Kier alpha value is -2.35. The van der Waals surface area contributed by atoms with Gasteiger partial charge in [0.1, 0.15) is 5.69 Å². The minimum absolute atomic E-state index is 0.108. The summed E-state index contributed by atoms with van der Waals surface area (Å²) in [6.45, 7) is 0. The van der Waals surface area contributed by atoms with Gasteiger partial charge >= 0.3 is 0 Å². The van der Waals surface area contributed by atoms with Crippen LogP contribution in [0, 0.1) is 0 Å². The maximum atomic E-state index is 12.6. The number of benzene rings is 1. The second kappa shape index (κ2) is 7.11. The summed E-state index contributed by atoms with van der Waals surface area (Å²) in [7, 11) is 0. The molecule has 0 spiro atoms.